The number of carbonyl (C=O) groups excluding carboxylic acids is 1. The van der Waals surface area contributed by atoms with E-state index in [1.807, 2.05) is 24.3 Å². The Morgan fingerprint density at radius 1 is 1.20 bits per heavy atom. The second-order valence-electron chi connectivity index (χ2n) is 5.37. The molecule has 3 aromatic rings. The van der Waals surface area contributed by atoms with Crippen molar-refractivity contribution in [1.29, 1.82) is 0 Å². The monoisotopic (exact) mass is 357 g/mol. The van der Waals surface area contributed by atoms with Crippen LogP contribution in [0.2, 0.25) is 5.02 Å². The van der Waals surface area contributed by atoms with Gasteiger partial charge in [-0.1, -0.05) is 28.9 Å². The Balaban J connectivity index is 1.52. The molecule has 0 unspecified atom stereocenters. The summed E-state index contributed by atoms with van der Waals surface area (Å²) in [5.74, 6) is 1.42. The standard InChI is InChI=1S/C17H16ClN5O2/c1-11-7-15(23-25-11)22-16-10-20-14(9-21-16)17(24)19-6-5-12-3-2-4-13(18)8-12/h2-4,7-10H,5-6H2,1H3,(H,19,24)(H,21,22,23). The third kappa shape index (κ3) is 4.77. The molecule has 2 N–H and O–H groups in total. The molecule has 8 heteroatoms. The van der Waals surface area contributed by atoms with Crippen LogP contribution < -0.4 is 10.6 Å². The molecule has 0 fully saturated rings. The summed E-state index contributed by atoms with van der Waals surface area (Å²) in [6.07, 6.45) is 3.56. The summed E-state index contributed by atoms with van der Waals surface area (Å²) in [4.78, 5) is 20.3. The van der Waals surface area contributed by atoms with Crippen molar-refractivity contribution in [2.24, 2.45) is 0 Å². The normalized spacial score (nSPS) is 10.5. The fourth-order valence-corrected chi connectivity index (χ4v) is 2.38. The molecule has 1 aromatic carbocycles. The molecule has 0 aliphatic heterocycles. The number of aryl methyl sites for hydroxylation is 1. The molecule has 0 saturated carbocycles. The van der Waals surface area contributed by atoms with E-state index in [9.17, 15) is 4.79 Å². The van der Waals surface area contributed by atoms with Gasteiger partial charge in [0.2, 0.25) is 0 Å². The van der Waals surface area contributed by atoms with E-state index in [4.69, 9.17) is 16.1 Å². The quantitative estimate of drug-likeness (QED) is 0.704. The number of hydrogen-bond acceptors (Lipinski definition) is 6. The lowest BCUT2D eigenvalue weighted by Gasteiger charge is -2.06. The van der Waals surface area contributed by atoms with Crippen LogP contribution >= 0.6 is 11.6 Å². The van der Waals surface area contributed by atoms with Gasteiger partial charge in [-0.05, 0) is 31.0 Å². The van der Waals surface area contributed by atoms with Gasteiger partial charge in [0, 0.05) is 17.6 Å². The smallest absolute Gasteiger partial charge is 0.271 e. The Morgan fingerprint density at radius 3 is 2.76 bits per heavy atom. The molecular weight excluding hydrogens is 342 g/mol. The number of aromatic nitrogens is 3. The van der Waals surface area contributed by atoms with Crippen LogP contribution in [0.4, 0.5) is 11.6 Å². The molecule has 0 spiro atoms. The van der Waals surface area contributed by atoms with E-state index < -0.39 is 0 Å². The van der Waals surface area contributed by atoms with E-state index in [0.29, 0.717) is 35.4 Å². The van der Waals surface area contributed by atoms with Gasteiger partial charge in [0.05, 0.1) is 12.4 Å². The molecule has 0 aliphatic rings. The number of nitrogens with zero attached hydrogens (tertiary/aromatic N) is 3. The summed E-state index contributed by atoms with van der Waals surface area (Å²) in [7, 11) is 0. The molecule has 128 valence electrons. The van der Waals surface area contributed by atoms with Gasteiger partial charge < -0.3 is 15.2 Å². The third-order valence-corrected chi connectivity index (χ3v) is 3.59. The maximum Gasteiger partial charge on any atom is 0.271 e. The third-order valence-electron chi connectivity index (χ3n) is 3.36. The van der Waals surface area contributed by atoms with Crippen LogP contribution in [0.1, 0.15) is 21.8 Å². The lowest BCUT2D eigenvalue weighted by molar-refractivity contribution is 0.0949. The van der Waals surface area contributed by atoms with Crippen molar-refractivity contribution < 1.29 is 9.32 Å². The number of halogens is 1. The number of amides is 1. The molecule has 1 amide bonds. The highest BCUT2D eigenvalue weighted by molar-refractivity contribution is 6.30. The molecule has 2 aromatic heterocycles. The molecule has 0 saturated heterocycles. The fourth-order valence-electron chi connectivity index (χ4n) is 2.17. The highest BCUT2D eigenvalue weighted by Gasteiger charge is 2.08. The largest absolute Gasteiger partial charge is 0.360 e. The van der Waals surface area contributed by atoms with Crippen molar-refractivity contribution in [1.82, 2.24) is 20.4 Å². The lowest BCUT2D eigenvalue weighted by atomic mass is 10.1. The van der Waals surface area contributed by atoms with E-state index in [-0.39, 0.29) is 11.6 Å². The van der Waals surface area contributed by atoms with Crippen LogP contribution in [-0.4, -0.2) is 27.6 Å². The molecule has 25 heavy (non-hydrogen) atoms. The van der Waals surface area contributed by atoms with Crippen molar-refractivity contribution >= 4 is 29.1 Å². The van der Waals surface area contributed by atoms with Crippen LogP contribution in [0.15, 0.2) is 47.2 Å². The van der Waals surface area contributed by atoms with Crippen molar-refractivity contribution in [2.75, 3.05) is 11.9 Å². The Labute approximate surface area is 149 Å². The molecular formula is C17H16ClN5O2. The summed E-state index contributed by atoms with van der Waals surface area (Å²) in [6, 6.07) is 9.27. The van der Waals surface area contributed by atoms with E-state index in [0.717, 1.165) is 5.56 Å². The number of carbonyl (C=O) groups is 1. The molecule has 0 aliphatic carbocycles. The minimum atomic E-state index is -0.279. The number of hydrogen-bond donors (Lipinski definition) is 2. The van der Waals surface area contributed by atoms with E-state index in [1.54, 1.807) is 13.0 Å². The Bertz CT molecular complexity index is 863. The molecule has 0 radical (unpaired) electrons. The van der Waals surface area contributed by atoms with Crippen molar-refractivity contribution in [3.8, 4) is 0 Å². The van der Waals surface area contributed by atoms with Crippen molar-refractivity contribution in [2.45, 2.75) is 13.3 Å². The number of benzene rings is 1. The van der Waals surface area contributed by atoms with E-state index in [2.05, 4.69) is 25.8 Å². The topological polar surface area (TPSA) is 92.9 Å². The first-order chi connectivity index (χ1) is 12.1. The van der Waals surface area contributed by atoms with E-state index >= 15 is 0 Å². The van der Waals surface area contributed by atoms with Gasteiger partial charge in [0.25, 0.3) is 5.91 Å². The highest BCUT2D eigenvalue weighted by Crippen LogP contribution is 2.13. The predicted octanol–water partition coefficient (Wildman–Crippen LogP) is 3.14. The average Bonchev–Trinajstić information content (AvgIpc) is 3.00. The van der Waals surface area contributed by atoms with Gasteiger partial charge in [0.1, 0.15) is 17.3 Å². The maximum absolute atomic E-state index is 12.1. The Kier molecular flexibility index (Phi) is 5.25. The first-order valence-electron chi connectivity index (χ1n) is 7.65. The first kappa shape index (κ1) is 16.9. The van der Waals surface area contributed by atoms with Crippen LogP contribution in [0.5, 0.6) is 0 Å². The molecule has 0 atom stereocenters. The average molecular weight is 358 g/mol. The summed E-state index contributed by atoms with van der Waals surface area (Å²) in [5.41, 5.74) is 1.30. The van der Waals surface area contributed by atoms with Crippen LogP contribution in [-0.2, 0) is 6.42 Å². The van der Waals surface area contributed by atoms with E-state index in [1.165, 1.54) is 12.4 Å². The SMILES string of the molecule is Cc1cc(Nc2cnc(C(=O)NCCc3cccc(Cl)c3)cn2)no1. The van der Waals surface area contributed by atoms with Gasteiger partial charge >= 0.3 is 0 Å². The minimum Gasteiger partial charge on any atom is -0.360 e. The number of anilines is 2. The summed E-state index contributed by atoms with van der Waals surface area (Å²) in [5, 5.41) is 10.2. The first-order valence-corrected chi connectivity index (χ1v) is 8.03. The fraction of sp³-hybridized carbons (Fsp3) is 0.176. The van der Waals surface area contributed by atoms with Crippen LogP contribution in [0.25, 0.3) is 0 Å². The zero-order valence-electron chi connectivity index (χ0n) is 13.5. The van der Waals surface area contributed by atoms with Gasteiger partial charge in [-0.3, -0.25) is 4.79 Å². The molecule has 2 heterocycles. The Hall–Kier alpha value is -2.93. The minimum absolute atomic E-state index is 0.243. The molecule has 7 nitrogen and oxygen atoms in total. The molecule has 0 bridgehead atoms. The van der Waals surface area contributed by atoms with Crippen LogP contribution in [0.3, 0.4) is 0 Å². The zero-order chi connectivity index (χ0) is 17.6. The zero-order valence-corrected chi connectivity index (χ0v) is 14.2. The predicted molar refractivity (Wildman–Crippen MR) is 94.0 cm³/mol. The maximum atomic E-state index is 12.1. The summed E-state index contributed by atoms with van der Waals surface area (Å²) < 4.78 is 4.95. The lowest BCUT2D eigenvalue weighted by Crippen LogP contribution is -2.26. The van der Waals surface area contributed by atoms with Gasteiger partial charge in [0.15, 0.2) is 5.82 Å². The second-order valence-corrected chi connectivity index (χ2v) is 5.81. The number of rotatable bonds is 6. The molecule has 3 rings (SSSR count). The Morgan fingerprint density at radius 2 is 2.08 bits per heavy atom. The van der Waals surface area contributed by atoms with Crippen LogP contribution in [0, 0.1) is 6.92 Å². The number of nitrogens with one attached hydrogen (secondary N) is 2. The summed E-state index contributed by atoms with van der Waals surface area (Å²) in [6.45, 7) is 2.28. The highest BCUT2D eigenvalue weighted by atomic mass is 35.5. The summed E-state index contributed by atoms with van der Waals surface area (Å²) >= 11 is 5.93. The van der Waals surface area contributed by atoms with Gasteiger partial charge in [-0.2, -0.15) is 0 Å². The van der Waals surface area contributed by atoms with Crippen molar-refractivity contribution in [3.63, 3.8) is 0 Å². The second kappa shape index (κ2) is 7.76. The van der Waals surface area contributed by atoms with Gasteiger partial charge in [-0.15, -0.1) is 0 Å². The van der Waals surface area contributed by atoms with Crippen molar-refractivity contribution in [3.05, 3.63) is 64.8 Å². The van der Waals surface area contributed by atoms with Gasteiger partial charge in [-0.25, -0.2) is 9.97 Å².